The fourth-order valence-corrected chi connectivity index (χ4v) is 3.24. The van der Waals surface area contributed by atoms with Gasteiger partial charge in [-0.05, 0) is 39.7 Å². The molecule has 0 amide bonds. The van der Waals surface area contributed by atoms with Crippen LogP contribution in [0.5, 0.6) is 0 Å². The average molecular weight is 390 g/mol. The van der Waals surface area contributed by atoms with Gasteiger partial charge in [0.15, 0.2) is 0 Å². The fraction of sp³-hybridized carbons (Fsp3) is 0.476. The second-order valence-corrected chi connectivity index (χ2v) is 6.91. The van der Waals surface area contributed by atoms with Crippen molar-refractivity contribution in [2.75, 3.05) is 7.11 Å². The topological polar surface area (TPSA) is 99.1 Å². The first-order valence-electron chi connectivity index (χ1n) is 9.08. The second kappa shape index (κ2) is 9.01. The van der Waals surface area contributed by atoms with Crippen LogP contribution in [-0.2, 0) is 28.6 Å². The third-order valence-corrected chi connectivity index (χ3v) is 5.02. The minimum Gasteiger partial charge on any atom is -0.466 e. The van der Waals surface area contributed by atoms with Crippen LogP contribution >= 0.6 is 0 Å². The number of methoxy groups -OCH3 is 1. The van der Waals surface area contributed by atoms with Crippen LogP contribution < -0.4 is 0 Å². The maximum atomic E-state index is 12.4. The van der Waals surface area contributed by atoms with Crippen molar-refractivity contribution < 1.29 is 33.7 Å². The van der Waals surface area contributed by atoms with E-state index in [4.69, 9.17) is 14.2 Å². The normalized spacial score (nSPS) is 32.2. The Labute approximate surface area is 164 Å². The minimum absolute atomic E-state index is 0.0287. The Balaban J connectivity index is 2.57. The van der Waals surface area contributed by atoms with E-state index < -0.39 is 42.1 Å². The molecule has 0 saturated carbocycles. The quantitative estimate of drug-likeness (QED) is 0.341. The molecule has 0 aromatic rings. The molecule has 0 bridgehead atoms. The molecule has 1 aliphatic carbocycles. The predicted molar refractivity (Wildman–Crippen MR) is 101 cm³/mol. The lowest BCUT2D eigenvalue weighted by Crippen LogP contribution is -2.44. The summed E-state index contributed by atoms with van der Waals surface area (Å²) in [7, 11) is 1.20. The molecule has 0 aromatic carbocycles. The van der Waals surface area contributed by atoms with E-state index in [1.165, 1.54) is 7.11 Å². The number of hydrogen-bond donors (Lipinski definition) is 1. The first-order valence-corrected chi connectivity index (χ1v) is 9.08. The van der Waals surface area contributed by atoms with Gasteiger partial charge >= 0.3 is 17.9 Å². The van der Waals surface area contributed by atoms with Crippen LogP contribution in [-0.4, -0.2) is 48.4 Å². The van der Waals surface area contributed by atoms with E-state index in [0.29, 0.717) is 18.4 Å². The van der Waals surface area contributed by atoms with Gasteiger partial charge in [-0.1, -0.05) is 24.3 Å². The highest BCUT2D eigenvalue weighted by Gasteiger charge is 2.48. The summed E-state index contributed by atoms with van der Waals surface area (Å²) in [5.41, 5.74) is 1.31. The molecule has 2 rings (SSSR count). The van der Waals surface area contributed by atoms with Crippen molar-refractivity contribution in [1.82, 2.24) is 0 Å². The molecule has 7 heteroatoms. The molecule has 0 unspecified atom stereocenters. The molecule has 1 saturated heterocycles. The second-order valence-electron chi connectivity index (χ2n) is 6.91. The molecular formula is C21H26O7. The van der Waals surface area contributed by atoms with Crippen LogP contribution in [0, 0.1) is 5.92 Å². The summed E-state index contributed by atoms with van der Waals surface area (Å²) in [4.78, 5) is 36.8. The molecule has 1 heterocycles. The molecular weight excluding hydrogens is 364 g/mol. The Bertz CT molecular complexity index is 772. The molecule has 152 valence electrons. The van der Waals surface area contributed by atoms with Crippen molar-refractivity contribution in [2.45, 2.75) is 51.9 Å². The van der Waals surface area contributed by atoms with Crippen molar-refractivity contribution in [3.05, 3.63) is 47.1 Å². The summed E-state index contributed by atoms with van der Waals surface area (Å²) < 4.78 is 15.7. The van der Waals surface area contributed by atoms with Gasteiger partial charge in [0.25, 0.3) is 0 Å². The lowest BCUT2D eigenvalue weighted by molar-refractivity contribution is -0.155. The van der Waals surface area contributed by atoms with Gasteiger partial charge < -0.3 is 19.3 Å². The Morgan fingerprint density at radius 1 is 1.39 bits per heavy atom. The summed E-state index contributed by atoms with van der Waals surface area (Å²) in [6, 6.07) is 0. The van der Waals surface area contributed by atoms with Crippen molar-refractivity contribution >= 4 is 17.9 Å². The lowest BCUT2D eigenvalue weighted by Gasteiger charge is -2.31. The third kappa shape index (κ3) is 4.42. The van der Waals surface area contributed by atoms with E-state index in [-0.39, 0.29) is 11.1 Å². The van der Waals surface area contributed by atoms with E-state index in [9.17, 15) is 19.5 Å². The predicted octanol–water partition coefficient (Wildman–Crippen LogP) is 2.16. The Morgan fingerprint density at radius 2 is 2.07 bits per heavy atom. The maximum Gasteiger partial charge on any atom is 0.336 e. The highest BCUT2D eigenvalue weighted by molar-refractivity contribution is 5.93. The average Bonchev–Trinajstić information content (AvgIpc) is 2.94. The highest BCUT2D eigenvalue weighted by atomic mass is 16.6. The maximum absolute atomic E-state index is 12.4. The molecule has 1 aliphatic heterocycles. The van der Waals surface area contributed by atoms with E-state index in [1.54, 1.807) is 32.1 Å². The molecule has 0 aromatic heterocycles. The number of ether oxygens (including phenoxy) is 3. The first kappa shape index (κ1) is 21.6. The smallest absolute Gasteiger partial charge is 0.336 e. The summed E-state index contributed by atoms with van der Waals surface area (Å²) in [5, 5.41) is 11.0. The van der Waals surface area contributed by atoms with Crippen molar-refractivity contribution in [3.8, 4) is 0 Å². The Morgan fingerprint density at radius 3 is 2.68 bits per heavy atom. The number of esters is 3. The standard InChI is InChI=1S/C21H26O7/c1-6-12(3)19(23)28-18-16-13(4)20(24)27-15(16)10-11(2)8-7-9-14(17(18)22)21(25)26-5/h6,9-10,15-18,22H,4,7-8H2,1-3,5H3/b11-10+,12-6-,14-9-/t15-,16+,17+,18+/m1/s1. The zero-order chi connectivity index (χ0) is 21.0. The number of aliphatic hydroxyl groups excluding tert-OH is 1. The summed E-state index contributed by atoms with van der Waals surface area (Å²) in [5.74, 6) is -2.86. The van der Waals surface area contributed by atoms with E-state index in [1.807, 2.05) is 6.92 Å². The van der Waals surface area contributed by atoms with Gasteiger partial charge in [-0.15, -0.1) is 0 Å². The van der Waals surface area contributed by atoms with Crippen molar-refractivity contribution in [1.29, 1.82) is 0 Å². The largest absolute Gasteiger partial charge is 0.466 e. The summed E-state index contributed by atoms with van der Waals surface area (Å²) in [6.45, 7) is 8.88. The van der Waals surface area contributed by atoms with Gasteiger partial charge in [-0.3, -0.25) is 0 Å². The molecule has 1 N–H and O–H groups in total. The van der Waals surface area contributed by atoms with Crippen LogP contribution in [0.4, 0.5) is 0 Å². The third-order valence-electron chi connectivity index (χ3n) is 5.02. The number of carbonyl (C=O) groups is 3. The van der Waals surface area contributed by atoms with Gasteiger partial charge in [0.05, 0.1) is 18.6 Å². The molecule has 0 spiro atoms. The van der Waals surface area contributed by atoms with Crippen molar-refractivity contribution in [2.24, 2.45) is 5.92 Å². The molecule has 1 fully saturated rings. The van der Waals surface area contributed by atoms with Gasteiger partial charge in [0.2, 0.25) is 0 Å². The Kier molecular flexibility index (Phi) is 6.96. The Hall–Kier alpha value is -2.67. The first-order chi connectivity index (χ1) is 13.2. The lowest BCUT2D eigenvalue weighted by atomic mass is 9.83. The zero-order valence-corrected chi connectivity index (χ0v) is 16.6. The van der Waals surface area contributed by atoms with E-state index in [2.05, 4.69) is 6.58 Å². The van der Waals surface area contributed by atoms with Gasteiger partial charge in [-0.25, -0.2) is 14.4 Å². The number of allylic oxidation sites excluding steroid dienone is 3. The summed E-state index contributed by atoms with van der Waals surface area (Å²) >= 11 is 0. The number of fused-ring (bicyclic) bond motifs is 1. The SMILES string of the molecule is C=C1C(=O)O[C@@H]2/C=C(\C)CC/C=C(\C(=O)OC)[C@H](O)[C@@H](OC(=O)/C(C)=C\C)[C@@H]12. The van der Waals surface area contributed by atoms with E-state index in [0.717, 1.165) is 5.57 Å². The molecule has 2 aliphatic rings. The van der Waals surface area contributed by atoms with Gasteiger partial charge in [0, 0.05) is 11.1 Å². The highest BCUT2D eigenvalue weighted by Crippen LogP contribution is 2.37. The molecule has 4 atom stereocenters. The summed E-state index contributed by atoms with van der Waals surface area (Å²) in [6.07, 6.45) is 2.46. The number of hydrogen-bond acceptors (Lipinski definition) is 7. The number of aliphatic hydroxyl groups is 1. The van der Waals surface area contributed by atoms with Crippen molar-refractivity contribution in [3.63, 3.8) is 0 Å². The van der Waals surface area contributed by atoms with Crippen LogP contribution in [0.15, 0.2) is 47.1 Å². The van der Waals surface area contributed by atoms with Crippen LogP contribution in [0.2, 0.25) is 0 Å². The fourth-order valence-electron chi connectivity index (χ4n) is 3.24. The minimum atomic E-state index is -1.51. The zero-order valence-electron chi connectivity index (χ0n) is 16.6. The number of carbonyl (C=O) groups excluding carboxylic acids is 3. The monoisotopic (exact) mass is 390 g/mol. The molecule has 7 nitrogen and oxygen atoms in total. The van der Waals surface area contributed by atoms with Crippen LogP contribution in [0.1, 0.15) is 33.6 Å². The molecule has 28 heavy (non-hydrogen) atoms. The van der Waals surface area contributed by atoms with Gasteiger partial charge in [0.1, 0.15) is 18.3 Å². The van der Waals surface area contributed by atoms with Crippen LogP contribution in [0.3, 0.4) is 0 Å². The van der Waals surface area contributed by atoms with Crippen LogP contribution in [0.25, 0.3) is 0 Å². The van der Waals surface area contributed by atoms with E-state index >= 15 is 0 Å². The number of rotatable bonds is 3. The molecule has 0 radical (unpaired) electrons. The van der Waals surface area contributed by atoms with Gasteiger partial charge in [-0.2, -0.15) is 0 Å².